The van der Waals surface area contributed by atoms with Crippen molar-refractivity contribution in [1.29, 1.82) is 0 Å². The van der Waals surface area contributed by atoms with Gasteiger partial charge in [0, 0.05) is 5.56 Å². The fourth-order valence-electron chi connectivity index (χ4n) is 2.91. The molecule has 0 aromatic heterocycles. The van der Waals surface area contributed by atoms with Crippen molar-refractivity contribution in [3.05, 3.63) is 47.0 Å². The van der Waals surface area contributed by atoms with E-state index in [-0.39, 0.29) is 11.4 Å². The Kier molecular flexibility index (Phi) is 4.34. The third kappa shape index (κ3) is 3.60. The summed E-state index contributed by atoms with van der Waals surface area (Å²) in [5.74, 6) is 6.45. The first kappa shape index (κ1) is 14.9. The Morgan fingerprint density at radius 3 is 2.50 bits per heavy atom. The second kappa shape index (κ2) is 6.40. The lowest BCUT2D eigenvalue weighted by atomic mass is 10.0. The number of ether oxygens (including phenoxy) is 1. The zero-order valence-electron chi connectivity index (χ0n) is 13.2. The van der Waals surface area contributed by atoms with Gasteiger partial charge in [0.2, 0.25) is 0 Å². The second-order valence-electron chi connectivity index (χ2n) is 6.21. The Labute approximate surface area is 132 Å². The smallest absolute Gasteiger partial charge is 0.338 e. The van der Waals surface area contributed by atoms with Gasteiger partial charge in [-0.05, 0) is 69.7 Å². The average molecular weight is 294 g/mol. The molecule has 0 atom stereocenters. The highest BCUT2D eigenvalue weighted by Gasteiger charge is 2.39. The summed E-state index contributed by atoms with van der Waals surface area (Å²) in [5.41, 5.74) is 3.29. The van der Waals surface area contributed by atoms with Crippen molar-refractivity contribution in [1.82, 2.24) is 0 Å². The van der Waals surface area contributed by atoms with Gasteiger partial charge in [-0.3, -0.25) is 0 Å². The second-order valence-corrected chi connectivity index (χ2v) is 6.21. The number of esters is 1. The summed E-state index contributed by atoms with van der Waals surface area (Å²) in [4.78, 5) is 11.6. The van der Waals surface area contributed by atoms with Crippen molar-refractivity contribution in [2.24, 2.45) is 5.41 Å². The van der Waals surface area contributed by atoms with Crippen LogP contribution in [-0.2, 0) is 4.74 Å². The van der Waals surface area contributed by atoms with Crippen molar-refractivity contribution >= 4 is 5.97 Å². The Hall–Kier alpha value is -2.01. The van der Waals surface area contributed by atoms with Gasteiger partial charge in [0.25, 0.3) is 0 Å². The van der Waals surface area contributed by atoms with E-state index in [0.29, 0.717) is 12.2 Å². The van der Waals surface area contributed by atoms with E-state index in [1.807, 2.05) is 19.1 Å². The van der Waals surface area contributed by atoms with E-state index in [0.717, 1.165) is 5.56 Å². The predicted octanol–water partition coefficient (Wildman–Crippen LogP) is 4.50. The lowest BCUT2D eigenvalue weighted by Crippen LogP contribution is -2.04. The maximum Gasteiger partial charge on any atom is 0.338 e. The minimum absolute atomic E-state index is 0.138. The summed E-state index contributed by atoms with van der Waals surface area (Å²) >= 11 is 0. The molecule has 0 spiro atoms. The van der Waals surface area contributed by atoms with Crippen LogP contribution in [0.15, 0.2) is 35.9 Å². The van der Waals surface area contributed by atoms with Crippen LogP contribution < -0.4 is 0 Å². The van der Waals surface area contributed by atoms with Gasteiger partial charge in [0.05, 0.1) is 17.6 Å². The van der Waals surface area contributed by atoms with Crippen molar-refractivity contribution in [3.8, 4) is 11.8 Å². The molecule has 0 heterocycles. The fraction of sp³-hybridized carbons (Fsp3) is 0.450. The molecule has 1 aromatic carbocycles. The summed E-state index contributed by atoms with van der Waals surface area (Å²) < 4.78 is 4.98. The van der Waals surface area contributed by atoms with Crippen LogP contribution in [0.25, 0.3) is 0 Å². The van der Waals surface area contributed by atoms with Gasteiger partial charge < -0.3 is 4.74 Å². The van der Waals surface area contributed by atoms with Crippen LogP contribution in [0.4, 0.5) is 0 Å². The minimum atomic E-state index is -0.272. The topological polar surface area (TPSA) is 26.3 Å². The van der Waals surface area contributed by atoms with Crippen LogP contribution in [0.5, 0.6) is 0 Å². The number of hydrogen-bond acceptors (Lipinski definition) is 2. The van der Waals surface area contributed by atoms with Crippen molar-refractivity contribution < 1.29 is 9.53 Å². The molecule has 0 amide bonds. The maximum atomic E-state index is 11.6. The molecule has 0 radical (unpaired) electrons. The molecule has 0 saturated heterocycles. The molecular formula is C20H22O2. The highest BCUT2D eigenvalue weighted by atomic mass is 16.5. The monoisotopic (exact) mass is 294 g/mol. The van der Waals surface area contributed by atoms with E-state index in [4.69, 9.17) is 4.74 Å². The third-order valence-electron chi connectivity index (χ3n) is 4.37. The van der Waals surface area contributed by atoms with Gasteiger partial charge in [-0.25, -0.2) is 4.79 Å². The third-order valence-corrected chi connectivity index (χ3v) is 4.37. The van der Waals surface area contributed by atoms with E-state index in [1.54, 1.807) is 17.7 Å². The van der Waals surface area contributed by atoms with Crippen molar-refractivity contribution in [3.63, 3.8) is 0 Å². The zero-order valence-corrected chi connectivity index (χ0v) is 13.2. The fourth-order valence-corrected chi connectivity index (χ4v) is 2.91. The van der Waals surface area contributed by atoms with Crippen molar-refractivity contribution in [2.75, 3.05) is 6.61 Å². The summed E-state index contributed by atoms with van der Waals surface area (Å²) in [7, 11) is 0. The Bertz CT molecular complexity index is 629. The normalized spacial score (nSPS) is 18.3. The van der Waals surface area contributed by atoms with Gasteiger partial charge in [-0.1, -0.05) is 23.5 Å². The zero-order chi connectivity index (χ0) is 15.4. The van der Waals surface area contributed by atoms with Crippen LogP contribution >= 0.6 is 0 Å². The summed E-state index contributed by atoms with van der Waals surface area (Å²) in [6.07, 6.45) is 10.00. The first-order valence-corrected chi connectivity index (χ1v) is 8.22. The summed E-state index contributed by atoms with van der Waals surface area (Å²) in [5, 5.41) is 0. The van der Waals surface area contributed by atoms with E-state index < -0.39 is 0 Å². The van der Waals surface area contributed by atoms with Crippen LogP contribution in [0, 0.1) is 17.3 Å². The largest absolute Gasteiger partial charge is 0.462 e. The first-order chi connectivity index (χ1) is 10.7. The highest BCUT2D eigenvalue weighted by Crippen LogP contribution is 2.48. The molecule has 2 aliphatic rings. The Morgan fingerprint density at radius 2 is 1.91 bits per heavy atom. The SMILES string of the molecule is CCOC(=O)c1ccc(C#CC2(C=C3CCCC3)CC2)cc1. The molecule has 114 valence electrons. The minimum Gasteiger partial charge on any atom is -0.462 e. The summed E-state index contributed by atoms with van der Waals surface area (Å²) in [6, 6.07) is 7.38. The van der Waals surface area contributed by atoms with Crippen LogP contribution in [0.2, 0.25) is 0 Å². The lowest BCUT2D eigenvalue weighted by Gasteiger charge is -2.03. The highest BCUT2D eigenvalue weighted by molar-refractivity contribution is 5.89. The van der Waals surface area contributed by atoms with E-state index in [9.17, 15) is 4.79 Å². The molecule has 2 aliphatic carbocycles. The van der Waals surface area contributed by atoms with E-state index in [1.165, 1.54) is 38.5 Å². The molecule has 2 nitrogen and oxygen atoms in total. The number of carbonyl (C=O) groups excluding carboxylic acids is 1. The number of allylic oxidation sites excluding steroid dienone is 2. The van der Waals surface area contributed by atoms with Crippen LogP contribution in [0.1, 0.15) is 61.4 Å². The van der Waals surface area contributed by atoms with Gasteiger partial charge in [0.1, 0.15) is 0 Å². The predicted molar refractivity (Wildman–Crippen MR) is 87.5 cm³/mol. The molecule has 2 fully saturated rings. The quantitative estimate of drug-likeness (QED) is 0.466. The molecule has 3 rings (SSSR count). The number of carbonyl (C=O) groups is 1. The molecule has 1 aromatic rings. The van der Waals surface area contributed by atoms with Gasteiger partial charge in [-0.2, -0.15) is 0 Å². The maximum absolute atomic E-state index is 11.6. The number of hydrogen-bond donors (Lipinski definition) is 0. The first-order valence-electron chi connectivity index (χ1n) is 8.22. The van der Waals surface area contributed by atoms with Gasteiger partial charge in [0.15, 0.2) is 0 Å². The molecule has 2 saturated carbocycles. The number of benzene rings is 1. The standard InChI is InChI=1S/C20H22O2/c1-2-22-19(21)18-9-7-16(8-10-18)11-12-20(13-14-20)15-17-5-3-4-6-17/h7-10,15H,2-6,13-14H2,1H3. The number of rotatable bonds is 3. The molecule has 0 N–H and O–H groups in total. The Morgan fingerprint density at radius 1 is 1.23 bits per heavy atom. The molecule has 0 bridgehead atoms. The molecular weight excluding hydrogens is 272 g/mol. The molecule has 0 aliphatic heterocycles. The van der Waals surface area contributed by atoms with E-state index in [2.05, 4.69) is 17.9 Å². The van der Waals surface area contributed by atoms with Crippen LogP contribution in [0.3, 0.4) is 0 Å². The van der Waals surface area contributed by atoms with E-state index >= 15 is 0 Å². The van der Waals surface area contributed by atoms with Crippen LogP contribution in [-0.4, -0.2) is 12.6 Å². The average Bonchev–Trinajstić information content (AvgIpc) is 3.10. The molecule has 2 heteroatoms. The molecule has 22 heavy (non-hydrogen) atoms. The molecule has 0 unspecified atom stereocenters. The Balaban J connectivity index is 1.69. The van der Waals surface area contributed by atoms with Crippen molar-refractivity contribution in [2.45, 2.75) is 45.4 Å². The van der Waals surface area contributed by atoms with Gasteiger partial charge in [-0.15, -0.1) is 0 Å². The van der Waals surface area contributed by atoms with Gasteiger partial charge >= 0.3 is 5.97 Å². The lowest BCUT2D eigenvalue weighted by molar-refractivity contribution is 0.0526. The summed E-state index contributed by atoms with van der Waals surface area (Å²) in [6.45, 7) is 2.21.